The van der Waals surface area contributed by atoms with Gasteiger partial charge < -0.3 is 24.3 Å². The Hall–Kier alpha value is -3.99. The van der Waals surface area contributed by atoms with Crippen LogP contribution < -0.4 is 9.47 Å². The maximum absolute atomic E-state index is 12.2. The van der Waals surface area contributed by atoms with Crippen molar-refractivity contribution in [1.29, 1.82) is 5.26 Å². The van der Waals surface area contributed by atoms with E-state index in [1.165, 1.54) is 26.4 Å². The lowest BCUT2D eigenvalue weighted by molar-refractivity contribution is 0.0502. The minimum atomic E-state index is -0.686. The highest BCUT2D eigenvalue weighted by atomic mass is 16.5. The number of hydrogen-bond donors (Lipinski definition) is 2. The highest BCUT2D eigenvalue weighted by molar-refractivity contribution is 5.90. The minimum Gasteiger partial charge on any atom is -0.507 e. The number of esters is 1. The molecule has 2 aromatic carbocycles. The molecule has 0 atom stereocenters. The van der Waals surface area contributed by atoms with E-state index in [0.717, 1.165) is 5.52 Å². The summed E-state index contributed by atoms with van der Waals surface area (Å²) in [5.41, 5.74) is 1.49. The normalized spacial score (nSPS) is 11.5. The molecule has 28 heavy (non-hydrogen) atoms. The zero-order chi connectivity index (χ0) is 20.1. The van der Waals surface area contributed by atoms with Crippen LogP contribution in [0.4, 0.5) is 0 Å². The smallest absolute Gasteiger partial charge is 0.338 e. The van der Waals surface area contributed by atoms with Gasteiger partial charge in [0, 0.05) is 0 Å². The molecule has 0 aliphatic rings. The summed E-state index contributed by atoms with van der Waals surface area (Å²) in [5, 5.41) is 19.6. The number of aliphatic hydroxyl groups excluding tert-OH is 1. The number of nitrogens with one attached hydrogen (secondary N) is 1. The van der Waals surface area contributed by atoms with Gasteiger partial charge in [-0.3, -0.25) is 0 Å². The fourth-order valence-electron chi connectivity index (χ4n) is 2.58. The molecule has 0 saturated carbocycles. The number of allylic oxidation sites excluding steroid dienone is 1. The van der Waals surface area contributed by atoms with Crippen LogP contribution in [0.15, 0.2) is 48.2 Å². The number of carbonyl (C=O) groups is 1. The Morgan fingerprint density at radius 3 is 2.61 bits per heavy atom. The maximum Gasteiger partial charge on any atom is 0.338 e. The number of aromatic nitrogens is 2. The first kappa shape index (κ1) is 18.8. The number of imidazole rings is 1. The van der Waals surface area contributed by atoms with Crippen molar-refractivity contribution in [2.24, 2.45) is 0 Å². The second-order valence-electron chi connectivity index (χ2n) is 5.68. The van der Waals surface area contributed by atoms with Crippen molar-refractivity contribution in [2.75, 3.05) is 20.8 Å². The molecule has 0 radical (unpaired) electrons. The summed E-state index contributed by atoms with van der Waals surface area (Å²) in [5.74, 6) is -0.0525. The third kappa shape index (κ3) is 3.73. The molecule has 2 N–H and O–H groups in total. The molecular formula is C20H17N3O5. The number of carbonyl (C=O) groups excluding carboxylic acids is 1. The summed E-state index contributed by atoms with van der Waals surface area (Å²) >= 11 is 0. The predicted octanol–water partition coefficient (Wildman–Crippen LogP) is 3.23. The molecule has 3 rings (SSSR count). The number of ether oxygens (including phenoxy) is 3. The number of fused-ring (bicyclic) bond motifs is 1. The number of aromatic amines is 1. The first-order chi connectivity index (χ1) is 13.6. The van der Waals surface area contributed by atoms with Crippen LogP contribution >= 0.6 is 0 Å². The van der Waals surface area contributed by atoms with Gasteiger partial charge in [0.1, 0.15) is 18.2 Å². The molecule has 142 valence electrons. The van der Waals surface area contributed by atoms with Crippen LogP contribution in [0.3, 0.4) is 0 Å². The average molecular weight is 379 g/mol. The molecule has 0 bridgehead atoms. The number of hydrogen-bond acceptors (Lipinski definition) is 7. The highest BCUT2D eigenvalue weighted by Crippen LogP contribution is 2.28. The van der Waals surface area contributed by atoms with Crippen LogP contribution in [0.25, 0.3) is 16.6 Å². The van der Waals surface area contributed by atoms with Gasteiger partial charge in [0.2, 0.25) is 0 Å². The summed E-state index contributed by atoms with van der Waals surface area (Å²) in [6.07, 6.45) is 0. The fourth-order valence-corrected chi connectivity index (χ4v) is 2.58. The first-order valence-corrected chi connectivity index (χ1v) is 8.24. The van der Waals surface area contributed by atoms with E-state index in [1.54, 1.807) is 18.2 Å². The Balaban J connectivity index is 1.78. The summed E-state index contributed by atoms with van der Waals surface area (Å²) in [7, 11) is 2.94. The standard InChI is InChI=1S/C20H17N3O5/c1-26-17-8-7-12(9-18(17)27-2)20(25)28-11-16(24)13(10-21)19-22-14-5-3-4-6-15(14)23-19/h3-9,24H,11H2,1-2H3,(H,22,23)/b16-13-. The van der Waals surface area contributed by atoms with Gasteiger partial charge in [-0.15, -0.1) is 0 Å². The molecule has 0 aliphatic carbocycles. The fraction of sp³-hybridized carbons (Fsp3) is 0.150. The molecule has 0 fully saturated rings. The average Bonchev–Trinajstić information content (AvgIpc) is 3.15. The molecule has 3 aromatic rings. The molecule has 0 amide bonds. The molecule has 0 unspecified atom stereocenters. The lowest BCUT2D eigenvalue weighted by atomic mass is 10.2. The lowest BCUT2D eigenvalue weighted by Crippen LogP contribution is -2.09. The van der Waals surface area contributed by atoms with E-state index in [9.17, 15) is 15.2 Å². The predicted molar refractivity (Wildman–Crippen MR) is 101 cm³/mol. The largest absolute Gasteiger partial charge is 0.507 e. The lowest BCUT2D eigenvalue weighted by Gasteiger charge is -2.09. The van der Waals surface area contributed by atoms with Crippen molar-refractivity contribution < 1.29 is 24.1 Å². The van der Waals surface area contributed by atoms with Gasteiger partial charge in [-0.25, -0.2) is 9.78 Å². The van der Waals surface area contributed by atoms with Gasteiger partial charge in [0.25, 0.3) is 0 Å². The van der Waals surface area contributed by atoms with Gasteiger partial charge in [-0.2, -0.15) is 5.26 Å². The van der Waals surface area contributed by atoms with Crippen molar-refractivity contribution in [3.63, 3.8) is 0 Å². The van der Waals surface area contributed by atoms with E-state index in [0.29, 0.717) is 17.0 Å². The molecule has 1 aromatic heterocycles. The number of methoxy groups -OCH3 is 2. The van der Waals surface area contributed by atoms with Gasteiger partial charge in [-0.1, -0.05) is 12.1 Å². The highest BCUT2D eigenvalue weighted by Gasteiger charge is 2.16. The molecule has 0 saturated heterocycles. The van der Waals surface area contributed by atoms with Crippen LogP contribution in [0.5, 0.6) is 11.5 Å². The van der Waals surface area contributed by atoms with E-state index < -0.39 is 18.3 Å². The summed E-state index contributed by atoms with van der Waals surface area (Å²) in [6.45, 7) is -0.479. The van der Waals surface area contributed by atoms with Crippen LogP contribution in [-0.4, -0.2) is 41.9 Å². The number of aliphatic hydroxyl groups is 1. The van der Waals surface area contributed by atoms with Crippen LogP contribution in [0, 0.1) is 11.3 Å². The van der Waals surface area contributed by atoms with Crippen molar-refractivity contribution in [3.05, 3.63) is 59.6 Å². The maximum atomic E-state index is 12.2. The zero-order valence-electron chi connectivity index (χ0n) is 15.2. The van der Waals surface area contributed by atoms with Crippen molar-refractivity contribution in [1.82, 2.24) is 9.97 Å². The SMILES string of the molecule is COc1ccc(C(=O)OC/C(O)=C(\C#N)c2nc3ccccc3[nH]2)cc1OC. The van der Waals surface area contributed by atoms with Gasteiger partial charge in [0.05, 0.1) is 30.8 Å². The number of rotatable bonds is 6. The van der Waals surface area contributed by atoms with Crippen molar-refractivity contribution >= 4 is 22.6 Å². The molecule has 0 aliphatic heterocycles. The Kier molecular flexibility index (Phi) is 5.46. The minimum absolute atomic E-state index is 0.101. The molecule has 8 nitrogen and oxygen atoms in total. The summed E-state index contributed by atoms with van der Waals surface area (Å²) in [4.78, 5) is 19.5. The van der Waals surface area contributed by atoms with Gasteiger partial charge >= 0.3 is 5.97 Å². The van der Waals surface area contributed by atoms with E-state index in [-0.39, 0.29) is 17.0 Å². The third-order valence-electron chi connectivity index (χ3n) is 3.99. The molecular weight excluding hydrogens is 362 g/mol. The van der Waals surface area contributed by atoms with E-state index in [1.807, 2.05) is 18.2 Å². The number of H-pyrrole nitrogens is 1. The van der Waals surface area contributed by atoms with Crippen molar-refractivity contribution in [3.8, 4) is 17.6 Å². The van der Waals surface area contributed by atoms with Crippen molar-refractivity contribution in [2.45, 2.75) is 0 Å². The van der Waals surface area contributed by atoms with Gasteiger partial charge in [0.15, 0.2) is 23.1 Å². The summed E-state index contributed by atoms with van der Waals surface area (Å²) < 4.78 is 15.4. The molecule has 8 heteroatoms. The molecule has 1 heterocycles. The van der Waals surface area contributed by atoms with E-state index in [2.05, 4.69) is 9.97 Å². The van der Waals surface area contributed by atoms with E-state index in [4.69, 9.17) is 14.2 Å². The molecule has 0 spiro atoms. The Morgan fingerprint density at radius 2 is 1.93 bits per heavy atom. The third-order valence-corrected chi connectivity index (χ3v) is 3.99. The van der Waals surface area contributed by atoms with Crippen LogP contribution in [-0.2, 0) is 4.74 Å². The number of benzene rings is 2. The quantitative estimate of drug-likeness (QED) is 0.383. The Bertz CT molecular complexity index is 1060. The second-order valence-corrected chi connectivity index (χ2v) is 5.68. The number of nitriles is 1. The Labute approximate surface area is 160 Å². The summed E-state index contributed by atoms with van der Waals surface area (Å²) in [6, 6.07) is 13.6. The zero-order valence-corrected chi connectivity index (χ0v) is 15.2. The number of para-hydroxylation sites is 2. The number of nitrogens with zero attached hydrogens (tertiary/aromatic N) is 2. The first-order valence-electron chi connectivity index (χ1n) is 8.24. The van der Waals surface area contributed by atoms with Gasteiger partial charge in [-0.05, 0) is 30.3 Å². The monoisotopic (exact) mass is 379 g/mol. The Morgan fingerprint density at radius 1 is 1.18 bits per heavy atom. The topological polar surface area (TPSA) is 117 Å². The van der Waals surface area contributed by atoms with E-state index >= 15 is 0 Å². The second kappa shape index (κ2) is 8.14. The van der Waals surface area contributed by atoms with Crippen LogP contribution in [0.2, 0.25) is 0 Å². The van der Waals surface area contributed by atoms with Crippen LogP contribution in [0.1, 0.15) is 16.2 Å².